The summed E-state index contributed by atoms with van der Waals surface area (Å²) in [6.45, 7) is 0. The maximum Gasteiger partial charge on any atom is 0.167 e. The summed E-state index contributed by atoms with van der Waals surface area (Å²) in [5.41, 5.74) is 0. The zero-order valence-electron chi connectivity index (χ0n) is 3.90. The van der Waals surface area contributed by atoms with Gasteiger partial charge in [0.1, 0.15) is 0 Å². The van der Waals surface area contributed by atoms with Gasteiger partial charge in [-0.05, 0) is 11.5 Å². The Labute approximate surface area is 62.3 Å². The van der Waals surface area contributed by atoms with Crippen molar-refractivity contribution in [1.29, 1.82) is 0 Å². The van der Waals surface area contributed by atoms with Crippen molar-refractivity contribution in [2.75, 3.05) is 0 Å². The Morgan fingerprint density at radius 3 is 2.62 bits per heavy atom. The van der Waals surface area contributed by atoms with Gasteiger partial charge in [-0.3, -0.25) is 0 Å². The fourth-order valence-corrected chi connectivity index (χ4v) is 1.22. The molecule has 1 heterocycles. The lowest BCUT2D eigenvalue weighted by Gasteiger charge is -1.76. The number of thiol groups is 2. The lowest BCUT2D eigenvalue weighted by molar-refractivity contribution is 1.09. The SMILES string of the molecule is SCc1nsc(S)n1. The van der Waals surface area contributed by atoms with Crippen LogP contribution in [0.2, 0.25) is 0 Å². The topological polar surface area (TPSA) is 25.8 Å². The Kier molecular flexibility index (Phi) is 2.16. The standard InChI is InChI=1S/C3H4N2S3/c6-1-2-4-3(7)8-5-2/h6H,1H2,(H,4,5,7). The molecule has 0 saturated carbocycles. The summed E-state index contributed by atoms with van der Waals surface area (Å²) in [4.78, 5) is 3.92. The third-order valence-corrected chi connectivity index (χ3v) is 1.78. The molecule has 1 aromatic rings. The lowest BCUT2D eigenvalue weighted by atomic mass is 10.7. The molecule has 0 unspecified atom stereocenters. The van der Waals surface area contributed by atoms with Crippen molar-refractivity contribution >= 4 is 36.8 Å². The first-order valence-corrected chi connectivity index (χ1v) is 3.80. The van der Waals surface area contributed by atoms with E-state index in [-0.39, 0.29) is 0 Å². The summed E-state index contributed by atoms with van der Waals surface area (Å²) >= 11 is 9.22. The van der Waals surface area contributed by atoms with Crippen LogP contribution in [-0.4, -0.2) is 9.36 Å². The molecular formula is C3H4N2S3. The summed E-state index contributed by atoms with van der Waals surface area (Å²) in [5, 5.41) is 0. The van der Waals surface area contributed by atoms with Gasteiger partial charge in [0.2, 0.25) is 0 Å². The van der Waals surface area contributed by atoms with E-state index >= 15 is 0 Å². The summed E-state index contributed by atoms with van der Waals surface area (Å²) in [5.74, 6) is 1.35. The minimum atomic E-state index is 0.594. The second-order valence-corrected chi connectivity index (χ2v) is 2.95. The van der Waals surface area contributed by atoms with Crippen LogP contribution in [0.5, 0.6) is 0 Å². The molecule has 0 spiro atoms. The molecule has 44 valence electrons. The Bertz CT molecular complexity index is 173. The number of hydrogen-bond acceptors (Lipinski definition) is 5. The van der Waals surface area contributed by atoms with Gasteiger partial charge in [0, 0.05) is 0 Å². The Morgan fingerprint density at radius 2 is 2.38 bits per heavy atom. The fourth-order valence-electron chi connectivity index (χ4n) is 0.309. The maximum atomic E-state index is 3.97. The van der Waals surface area contributed by atoms with Crippen LogP contribution < -0.4 is 0 Å². The molecule has 5 heteroatoms. The van der Waals surface area contributed by atoms with Crippen LogP contribution in [0, 0.1) is 0 Å². The van der Waals surface area contributed by atoms with E-state index in [0.717, 1.165) is 5.82 Å². The fraction of sp³-hybridized carbons (Fsp3) is 0.333. The quantitative estimate of drug-likeness (QED) is 0.611. The van der Waals surface area contributed by atoms with Crippen molar-refractivity contribution < 1.29 is 0 Å². The van der Waals surface area contributed by atoms with Gasteiger partial charge in [-0.15, -0.1) is 12.6 Å². The summed E-state index contributed by atoms with van der Waals surface area (Å²) in [6, 6.07) is 0. The van der Waals surface area contributed by atoms with E-state index in [1.54, 1.807) is 0 Å². The van der Waals surface area contributed by atoms with E-state index in [1.165, 1.54) is 11.5 Å². The smallest absolute Gasteiger partial charge is 0.167 e. The van der Waals surface area contributed by atoms with Gasteiger partial charge in [0.05, 0.1) is 5.75 Å². The molecule has 0 radical (unpaired) electrons. The first kappa shape index (κ1) is 6.38. The molecule has 0 N–H and O–H groups in total. The van der Waals surface area contributed by atoms with Crippen molar-refractivity contribution in [2.24, 2.45) is 0 Å². The molecule has 1 rings (SSSR count). The van der Waals surface area contributed by atoms with Crippen LogP contribution >= 0.6 is 36.8 Å². The molecule has 8 heavy (non-hydrogen) atoms. The van der Waals surface area contributed by atoms with E-state index < -0.39 is 0 Å². The van der Waals surface area contributed by atoms with Crippen LogP contribution in [0.1, 0.15) is 5.82 Å². The molecular weight excluding hydrogens is 160 g/mol. The highest BCUT2D eigenvalue weighted by atomic mass is 32.2. The summed E-state index contributed by atoms with van der Waals surface area (Å²) in [7, 11) is 0. The number of hydrogen-bond donors (Lipinski definition) is 2. The van der Waals surface area contributed by atoms with Gasteiger partial charge in [0.15, 0.2) is 10.2 Å². The van der Waals surface area contributed by atoms with Crippen LogP contribution in [0.4, 0.5) is 0 Å². The molecule has 0 saturated heterocycles. The molecule has 0 aromatic carbocycles. The highest BCUT2D eigenvalue weighted by Gasteiger charge is 1.94. The van der Waals surface area contributed by atoms with E-state index in [4.69, 9.17) is 0 Å². The highest BCUT2D eigenvalue weighted by molar-refractivity contribution is 7.82. The van der Waals surface area contributed by atoms with Crippen molar-refractivity contribution in [1.82, 2.24) is 9.36 Å². The van der Waals surface area contributed by atoms with E-state index in [0.29, 0.717) is 10.1 Å². The molecule has 0 aliphatic heterocycles. The third kappa shape index (κ3) is 1.37. The van der Waals surface area contributed by atoms with E-state index in [2.05, 4.69) is 34.6 Å². The maximum absolute atomic E-state index is 3.97. The van der Waals surface area contributed by atoms with Gasteiger partial charge in [-0.2, -0.15) is 17.0 Å². The van der Waals surface area contributed by atoms with Gasteiger partial charge in [-0.1, -0.05) is 0 Å². The van der Waals surface area contributed by atoms with Gasteiger partial charge < -0.3 is 0 Å². The zero-order chi connectivity index (χ0) is 5.98. The van der Waals surface area contributed by atoms with Gasteiger partial charge >= 0.3 is 0 Å². The minimum absolute atomic E-state index is 0.594. The average Bonchev–Trinajstić information content (AvgIpc) is 2.14. The van der Waals surface area contributed by atoms with Gasteiger partial charge in [-0.25, -0.2) is 4.98 Å². The van der Waals surface area contributed by atoms with Crippen molar-refractivity contribution in [2.45, 2.75) is 10.1 Å². The second kappa shape index (κ2) is 2.70. The second-order valence-electron chi connectivity index (χ2n) is 1.15. The van der Waals surface area contributed by atoms with E-state index in [9.17, 15) is 0 Å². The number of rotatable bonds is 1. The predicted octanol–water partition coefficient (Wildman–Crippen LogP) is 1.26. The third-order valence-electron chi connectivity index (χ3n) is 0.599. The number of nitrogens with zero attached hydrogens (tertiary/aromatic N) is 2. The lowest BCUT2D eigenvalue weighted by Crippen LogP contribution is -1.76. The van der Waals surface area contributed by atoms with Crippen LogP contribution in [0.15, 0.2) is 4.34 Å². The van der Waals surface area contributed by atoms with Crippen molar-refractivity contribution in [3.8, 4) is 0 Å². The summed E-state index contributed by atoms with van der Waals surface area (Å²) in [6.07, 6.45) is 0. The van der Waals surface area contributed by atoms with Crippen LogP contribution in [-0.2, 0) is 5.75 Å². The molecule has 0 fully saturated rings. The molecule has 0 aliphatic rings. The zero-order valence-corrected chi connectivity index (χ0v) is 6.51. The normalized spacial score (nSPS) is 9.75. The average molecular weight is 164 g/mol. The first-order valence-electron chi connectivity index (χ1n) is 1.95. The monoisotopic (exact) mass is 164 g/mol. The van der Waals surface area contributed by atoms with Crippen molar-refractivity contribution in [3.05, 3.63) is 5.82 Å². The minimum Gasteiger partial charge on any atom is -0.212 e. The van der Waals surface area contributed by atoms with E-state index in [1.807, 2.05) is 0 Å². The molecule has 2 nitrogen and oxygen atoms in total. The first-order chi connectivity index (χ1) is 3.83. The Hall–Kier alpha value is 0.260. The van der Waals surface area contributed by atoms with Crippen LogP contribution in [0.3, 0.4) is 0 Å². The van der Waals surface area contributed by atoms with Crippen molar-refractivity contribution in [3.63, 3.8) is 0 Å². The number of aromatic nitrogens is 2. The molecule has 1 aromatic heterocycles. The molecule has 0 atom stereocenters. The Balaban J connectivity index is 2.84. The molecule has 0 aliphatic carbocycles. The predicted molar refractivity (Wildman–Crippen MR) is 39.9 cm³/mol. The highest BCUT2D eigenvalue weighted by Crippen LogP contribution is 2.08. The van der Waals surface area contributed by atoms with Crippen LogP contribution in [0.25, 0.3) is 0 Å². The molecule has 0 amide bonds. The summed E-state index contributed by atoms with van der Waals surface area (Å²) < 4.78 is 4.61. The largest absolute Gasteiger partial charge is 0.212 e. The van der Waals surface area contributed by atoms with Gasteiger partial charge in [0.25, 0.3) is 0 Å². The Morgan fingerprint density at radius 1 is 1.62 bits per heavy atom. The molecule has 0 bridgehead atoms.